The van der Waals surface area contributed by atoms with Crippen LogP contribution in [0.1, 0.15) is 48.0 Å². The number of nitrogens with two attached hydrogens (primary N) is 1. The van der Waals surface area contributed by atoms with Gasteiger partial charge in [0.2, 0.25) is 11.7 Å². The van der Waals surface area contributed by atoms with Gasteiger partial charge in [0.25, 0.3) is 5.91 Å². The number of carbonyl (C=O) groups excluding carboxylic acids is 4. The van der Waals surface area contributed by atoms with Crippen LogP contribution < -0.4 is 16.0 Å². The van der Waals surface area contributed by atoms with Gasteiger partial charge >= 0.3 is 0 Å². The van der Waals surface area contributed by atoms with Gasteiger partial charge in [-0.2, -0.15) is 0 Å². The number of likely N-dealkylation sites (N-methyl/N-ethyl adjacent to an activating group) is 1. The Balaban J connectivity index is 1.67. The highest BCUT2D eigenvalue weighted by Crippen LogP contribution is 2.55. The molecule has 2 amide bonds. The first kappa shape index (κ1) is 31.3. The van der Waals surface area contributed by atoms with Crippen LogP contribution in [0.3, 0.4) is 0 Å². The lowest BCUT2D eigenvalue weighted by Crippen LogP contribution is -2.63. The number of aliphatic hydroxyl groups excluding tert-OH is 2. The summed E-state index contributed by atoms with van der Waals surface area (Å²) in [5.74, 6) is -8.02. The zero-order chi connectivity index (χ0) is 31.9. The monoisotopic (exact) mass is 680 g/mol. The Bertz CT molecular complexity index is 1550. The number of phenols is 1. The van der Waals surface area contributed by atoms with E-state index in [0.717, 1.165) is 19.3 Å². The molecule has 43 heavy (non-hydrogen) atoms. The topological polar surface area (TPSA) is 194 Å². The van der Waals surface area contributed by atoms with Gasteiger partial charge in [-0.05, 0) is 51.3 Å². The number of nitrogens with zero attached hydrogens (tertiary/aromatic N) is 2. The van der Waals surface area contributed by atoms with Gasteiger partial charge < -0.3 is 36.4 Å². The number of fused-ring (bicyclic) bond motifs is 3. The third kappa shape index (κ3) is 4.54. The molecule has 0 spiro atoms. The van der Waals surface area contributed by atoms with E-state index in [1.807, 2.05) is 0 Å². The molecule has 4 aliphatic carbocycles. The van der Waals surface area contributed by atoms with Gasteiger partial charge in [0, 0.05) is 36.3 Å². The number of halogens is 2. The molecular formula is C29H34BrClN4O8. The molecule has 0 bridgehead atoms. The van der Waals surface area contributed by atoms with E-state index < -0.39 is 69.7 Å². The third-order valence-corrected chi connectivity index (χ3v) is 10.7. The van der Waals surface area contributed by atoms with Crippen molar-refractivity contribution in [3.63, 3.8) is 0 Å². The normalized spacial score (nSPS) is 27.8. The van der Waals surface area contributed by atoms with Crippen molar-refractivity contribution in [1.29, 1.82) is 0 Å². The number of amides is 2. The lowest BCUT2D eigenvalue weighted by molar-refractivity contribution is -0.148. The molecule has 0 heterocycles. The van der Waals surface area contributed by atoms with Gasteiger partial charge in [0.1, 0.15) is 22.8 Å². The second kappa shape index (κ2) is 10.5. The first-order chi connectivity index (χ1) is 20.0. The summed E-state index contributed by atoms with van der Waals surface area (Å²) in [4.78, 5) is 56.0. The number of aromatic hydroxyl groups is 1. The maximum Gasteiger partial charge on any atom is 0.255 e. The predicted molar refractivity (Wildman–Crippen MR) is 162 cm³/mol. The molecule has 12 nitrogen and oxygen atoms in total. The first-order valence-electron chi connectivity index (χ1n) is 13.8. The summed E-state index contributed by atoms with van der Waals surface area (Å²) in [5, 5.41) is 48.3. The first-order valence-corrected chi connectivity index (χ1v) is 15.0. The Labute approximate surface area is 261 Å². The molecule has 1 saturated carbocycles. The standard InChI is InChI=1S/C29H34BrClN4O8/c1-34(2)20-12-8-11-9-13-21(35(3)4)24(39)17(27(32)42)26(41)29(13,43)25(40)15(11)22(37)16(12)23(38)19(18(20)31)33-14(36)10-28(30)6-5-7-28/h11,13,21,38-40,43H,5-10H2,1-4H3,(H2,32,42)(H,33,36)/t11?,13?,21-,29?/m0/s1. The third-order valence-electron chi connectivity index (χ3n) is 9.24. The van der Waals surface area contributed by atoms with Crippen LogP contribution in [0, 0.1) is 11.8 Å². The van der Waals surface area contributed by atoms with Crippen molar-refractivity contribution < 1.29 is 39.6 Å². The van der Waals surface area contributed by atoms with E-state index in [-0.39, 0.29) is 45.4 Å². The molecule has 1 aromatic carbocycles. The number of aliphatic hydroxyl groups is 3. The lowest BCUT2D eigenvalue weighted by Gasteiger charge is -2.50. The van der Waals surface area contributed by atoms with Crippen LogP contribution in [0.5, 0.6) is 5.75 Å². The number of ketones is 2. The number of hydrogen-bond donors (Lipinski definition) is 6. The van der Waals surface area contributed by atoms with Gasteiger partial charge in [0.15, 0.2) is 17.1 Å². The Kier molecular flexibility index (Phi) is 7.64. The summed E-state index contributed by atoms with van der Waals surface area (Å²) in [6.45, 7) is 0. The maximum atomic E-state index is 14.2. The van der Waals surface area contributed by atoms with Crippen molar-refractivity contribution in [2.24, 2.45) is 17.6 Å². The summed E-state index contributed by atoms with van der Waals surface area (Å²) in [7, 11) is 6.50. The largest absolute Gasteiger partial charge is 0.510 e. The van der Waals surface area contributed by atoms with Crippen molar-refractivity contribution in [1.82, 2.24) is 4.90 Å². The predicted octanol–water partition coefficient (Wildman–Crippen LogP) is 2.49. The molecule has 0 aromatic heterocycles. The Morgan fingerprint density at radius 1 is 1.14 bits per heavy atom. The Morgan fingerprint density at radius 3 is 2.28 bits per heavy atom. The van der Waals surface area contributed by atoms with E-state index in [4.69, 9.17) is 17.3 Å². The summed E-state index contributed by atoms with van der Waals surface area (Å²) in [5.41, 5.74) is 1.79. The number of allylic oxidation sites excluding steroid dienone is 1. The SMILES string of the molecule is CN(C)c1c(Cl)c(NC(=O)CC2(Br)CCC2)c(O)c2c1CC1CC3[C@H](N(C)C)C(O)=C(C(N)=O)C(=O)C3(O)C(O)=C1C2=O. The van der Waals surface area contributed by atoms with Gasteiger partial charge in [-0.1, -0.05) is 34.0 Å². The second-order valence-electron chi connectivity index (χ2n) is 12.3. The fourth-order valence-corrected chi connectivity index (χ4v) is 8.36. The van der Waals surface area contributed by atoms with Gasteiger partial charge in [-0.3, -0.25) is 24.1 Å². The second-order valence-corrected chi connectivity index (χ2v) is 14.4. The lowest BCUT2D eigenvalue weighted by atomic mass is 9.58. The van der Waals surface area contributed by atoms with Crippen molar-refractivity contribution in [2.45, 2.75) is 54.5 Å². The quantitative estimate of drug-likeness (QED) is 0.148. The van der Waals surface area contributed by atoms with Crippen LogP contribution in [-0.2, 0) is 20.8 Å². The number of nitrogens with one attached hydrogen (secondary N) is 1. The number of benzene rings is 1. The number of phenolic OH excluding ortho intramolecular Hbond substituents is 1. The molecule has 7 N–H and O–H groups in total. The zero-order valence-electron chi connectivity index (χ0n) is 24.1. The summed E-state index contributed by atoms with van der Waals surface area (Å²) in [6.07, 6.45) is 2.72. The molecule has 4 aliphatic rings. The molecule has 0 saturated heterocycles. The number of primary amides is 1. The average molecular weight is 682 g/mol. The van der Waals surface area contributed by atoms with Crippen molar-refractivity contribution in [2.75, 3.05) is 38.4 Å². The van der Waals surface area contributed by atoms with E-state index in [0.29, 0.717) is 11.3 Å². The smallest absolute Gasteiger partial charge is 0.255 e. The number of hydrogen-bond acceptors (Lipinski definition) is 10. The number of Topliss-reactive ketones (excluding diaryl/α,β-unsaturated/α-hetero) is 2. The van der Waals surface area contributed by atoms with Crippen LogP contribution in [0.4, 0.5) is 11.4 Å². The molecule has 0 radical (unpaired) electrons. The minimum absolute atomic E-state index is 0.0225. The van der Waals surface area contributed by atoms with Crippen molar-refractivity contribution in [3.8, 4) is 5.75 Å². The highest BCUT2D eigenvalue weighted by Gasteiger charge is 2.63. The molecule has 14 heteroatoms. The Hall–Kier alpha value is -3.13. The van der Waals surface area contributed by atoms with E-state index in [2.05, 4.69) is 21.2 Å². The van der Waals surface area contributed by atoms with E-state index in [1.54, 1.807) is 33.1 Å². The molecule has 0 aliphatic heterocycles. The minimum Gasteiger partial charge on any atom is -0.510 e. The molecular weight excluding hydrogens is 648 g/mol. The highest BCUT2D eigenvalue weighted by molar-refractivity contribution is 9.10. The average Bonchev–Trinajstić information content (AvgIpc) is 2.87. The molecule has 5 rings (SSSR count). The molecule has 4 atom stereocenters. The van der Waals surface area contributed by atoms with Gasteiger partial charge in [-0.15, -0.1) is 0 Å². The van der Waals surface area contributed by atoms with E-state index in [1.165, 1.54) is 4.90 Å². The minimum atomic E-state index is -2.75. The summed E-state index contributed by atoms with van der Waals surface area (Å²) < 4.78 is -0.352. The van der Waals surface area contributed by atoms with E-state index >= 15 is 0 Å². The maximum absolute atomic E-state index is 14.2. The fraction of sp³-hybridized carbons (Fsp3) is 0.517. The van der Waals surface area contributed by atoms with Crippen LogP contribution >= 0.6 is 27.5 Å². The summed E-state index contributed by atoms with van der Waals surface area (Å²) >= 11 is 10.4. The number of anilines is 2. The molecule has 232 valence electrons. The van der Waals surface area contributed by atoms with Crippen LogP contribution in [-0.4, -0.2) is 92.9 Å². The van der Waals surface area contributed by atoms with Crippen LogP contribution in [0.25, 0.3) is 0 Å². The molecule has 1 fully saturated rings. The van der Waals surface area contributed by atoms with Gasteiger partial charge in [-0.25, -0.2) is 0 Å². The number of carbonyl (C=O) groups is 4. The number of alkyl halides is 1. The van der Waals surface area contributed by atoms with Crippen molar-refractivity contribution >= 4 is 62.3 Å². The molecule has 3 unspecified atom stereocenters. The fourth-order valence-electron chi connectivity index (χ4n) is 7.12. The highest BCUT2D eigenvalue weighted by atomic mass is 79.9. The van der Waals surface area contributed by atoms with E-state index in [9.17, 15) is 39.6 Å². The summed E-state index contributed by atoms with van der Waals surface area (Å²) in [6, 6.07) is -1.10. The number of rotatable bonds is 6. The zero-order valence-corrected chi connectivity index (χ0v) is 26.5. The van der Waals surface area contributed by atoms with Crippen LogP contribution in [0.2, 0.25) is 5.02 Å². The molecule has 1 aromatic rings. The van der Waals surface area contributed by atoms with Crippen LogP contribution in [0.15, 0.2) is 22.7 Å². The van der Waals surface area contributed by atoms with Gasteiger partial charge in [0.05, 0.1) is 22.3 Å². The van der Waals surface area contributed by atoms with Crippen molar-refractivity contribution in [3.05, 3.63) is 38.8 Å². The Morgan fingerprint density at radius 2 is 1.77 bits per heavy atom.